The molecule has 1 fully saturated rings. The van der Waals surface area contributed by atoms with Gasteiger partial charge in [-0.2, -0.15) is 0 Å². The summed E-state index contributed by atoms with van der Waals surface area (Å²) in [6.45, 7) is 3.47. The lowest BCUT2D eigenvalue weighted by molar-refractivity contribution is 0.258. The Labute approximate surface area is 96.5 Å². The topological polar surface area (TPSA) is 12.5 Å². The summed E-state index contributed by atoms with van der Waals surface area (Å²) in [5.74, 6) is 0.948. The summed E-state index contributed by atoms with van der Waals surface area (Å²) >= 11 is 3.37. The second-order valence-electron chi connectivity index (χ2n) is 3.69. The predicted molar refractivity (Wildman–Crippen MR) is 66.5 cm³/mol. The first-order chi connectivity index (χ1) is 6.86. The van der Waals surface area contributed by atoms with Gasteiger partial charge in [-0.25, -0.2) is 0 Å². The highest BCUT2D eigenvalue weighted by Gasteiger charge is 2.17. The molecule has 0 radical (unpaired) electrons. The average molecular weight is 235 g/mol. The lowest BCUT2D eigenvalue weighted by Crippen LogP contribution is -2.28. The minimum absolute atomic E-state index is 0.921. The Bertz CT molecular complexity index is 138. The molecule has 1 heterocycles. The van der Waals surface area contributed by atoms with Crippen LogP contribution in [0.4, 0.5) is 0 Å². The maximum Gasteiger partial charge on any atom is 0.0613 e. The Morgan fingerprint density at radius 3 is 2.57 bits per heavy atom. The maximum atomic E-state index is 5.27. The Morgan fingerprint density at radius 2 is 2.00 bits per heavy atom. The number of hydrogen-bond acceptors (Lipinski definition) is 4. The van der Waals surface area contributed by atoms with Gasteiger partial charge < -0.3 is 4.18 Å². The SMILES string of the molecule is CSOCCCC1CCN(SC)CC1. The van der Waals surface area contributed by atoms with Crippen molar-refractivity contribution < 1.29 is 4.18 Å². The van der Waals surface area contributed by atoms with E-state index in [-0.39, 0.29) is 0 Å². The van der Waals surface area contributed by atoms with Gasteiger partial charge in [-0.3, -0.25) is 4.31 Å². The van der Waals surface area contributed by atoms with Gasteiger partial charge in [0.05, 0.1) is 6.61 Å². The van der Waals surface area contributed by atoms with Crippen LogP contribution in [-0.2, 0) is 4.18 Å². The smallest absolute Gasteiger partial charge is 0.0613 e. The molecule has 0 bridgehead atoms. The van der Waals surface area contributed by atoms with Crippen molar-refractivity contribution in [1.29, 1.82) is 0 Å². The molecule has 1 rings (SSSR count). The minimum Gasteiger partial charge on any atom is -0.316 e. The van der Waals surface area contributed by atoms with Gasteiger partial charge in [0.2, 0.25) is 0 Å². The lowest BCUT2D eigenvalue weighted by Gasteiger charge is -2.29. The molecule has 1 aliphatic rings. The van der Waals surface area contributed by atoms with Crippen molar-refractivity contribution >= 4 is 24.0 Å². The Morgan fingerprint density at radius 1 is 1.29 bits per heavy atom. The molecule has 0 spiro atoms. The molecule has 0 aromatic carbocycles. The number of nitrogens with zero attached hydrogens (tertiary/aromatic N) is 1. The van der Waals surface area contributed by atoms with Crippen molar-refractivity contribution in [2.75, 3.05) is 32.2 Å². The fourth-order valence-electron chi connectivity index (χ4n) is 1.89. The summed E-state index contributed by atoms with van der Waals surface area (Å²) in [7, 11) is 0. The van der Waals surface area contributed by atoms with Gasteiger partial charge in [0.1, 0.15) is 0 Å². The Kier molecular flexibility index (Phi) is 7.12. The van der Waals surface area contributed by atoms with Gasteiger partial charge in [-0.15, -0.1) is 0 Å². The van der Waals surface area contributed by atoms with Crippen LogP contribution in [0.2, 0.25) is 0 Å². The molecule has 0 aliphatic carbocycles. The van der Waals surface area contributed by atoms with Crippen molar-refractivity contribution in [3.8, 4) is 0 Å². The molecule has 0 atom stereocenters. The van der Waals surface area contributed by atoms with E-state index in [1.165, 1.54) is 50.8 Å². The van der Waals surface area contributed by atoms with Crippen LogP contribution in [0.5, 0.6) is 0 Å². The first-order valence-electron chi connectivity index (χ1n) is 5.31. The predicted octanol–water partition coefficient (Wildman–Crippen LogP) is 3.05. The van der Waals surface area contributed by atoms with Crippen LogP contribution < -0.4 is 0 Å². The van der Waals surface area contributed by atoms with Crippen molar-refractivity contribution in [1.82, 2.24) is 4.31 Å². The van der Waals surface area contributed by atoms with Crippen LogP contribution in [0.25, 0.3) is 0 Å². The van der Waals surface area contributed by atoms with E-state index in [0.29, 0.717) is 0 Å². The fourth-order valence-corrected chi connectivity index (χ4v) is 2.76. The van der Waals surface area contributed by atoms with E-state index >= 15 is 0 Å². The van der Waals surface area contributed by atoms with E-state index in [9.17, 15) is 0 Å². The first kappa shape index (κ1) is 12.7. The Hall–Kier alpha value is 0.620. The van der Waals surface area contributed by atoms with E-state index in [2.05, 4.69) is 10.6 Å². The normalized spacial score (nSPS) is 20.1. The quantitative estimate of drug-likeness (QED) is 0.398. The maximum absolute atomic E-state index is 5.27. The van der Waals surface area contributed by atoms with E-state index in [1.54, 1.807) is 0 Å². The zero-order valence-electron chi connectivity index (χ0n) is 9.20. The molecular weight excluding hydrogens is 214 g/mol. The highest BCUT2D eigenvalue weighted by molar-refractivity contribution is 7.96. The molecule has 0 aromatic rings. The van der Waals surface area contributed by atoms with Gasteiger partial charge in [-0.1, -0.05) is 11.9 Å². The van der Waals surface area contributed by atoms with Crippen molar-refractivity contribution in [3.05, 3.63) is 0 Å². The second kappa shape index (κ2) is 7.85. The van der Waals surface area contributed by atoms with Gasteiger partial charge in [-0.05, 0) is 49.9 Å². The van der Waals surface area contributed by atoms with Crippen LogP contribution in [0.1, 0.15) is 25.7 Å². The minimum atomic E-state index is 0.921. The van der Waals surface area contributed by atoms with Crippen LogP contribution >= 0.6 is 24.0 Å². The largest absolute Gasteiger partial charge is 0.316 e. The summed E-state index contributed by atoms with van der Waals surface area (Å²) in [6.07, 6.45) is 9.48. The average Bonchev–Trinajstić information content (AvgIpc) is 2.25. The van der Waals surface area contributed by atoms with Gasteiger partial charge in [0.25, 0.3) is 0 Å². The fraction of sp³-hybridized carbons (Fsp3) is 1.00. The van der Waals surface area contributed by atoms with Crippen LogP contribution in [0.15, 0.2) is 0 Å². The highest BCUT2D eigenvalue weighted by Crippen LogP contribution is 2.24. The molecule has 1 aliphatic heterocycles. The summed E-state index contributed by atoms with van der Waals surface area (Å²) in [6, 6.07) is 0. The summed E-state index contributed by atoms with van der Waals surface area (Å²) in [5, 5.41) is 0. The second-order valence-corrected chi connectivity index (χ2v) is 5.14. The molecule has 0 saturated carbocycles. The third kappa shape index (κ3) is 4.91. The van der Waals surface area contributed by atoms with Crippen LogP contribution in [-0.4, -0.2) is 36.5 Å². The molecule has 0 unspecified atom stereocenters. The standard InChI is InChI=1S/C10H21NOS2/c1-13-11-7-5-10(6-8-11)4-3-9-12-14-2/h10H,3-9H2,1-2H3. The molecule has 84 valence electrons. The van der Waals surface area contributed by atoms with Crippen molar-refractivity contribution in [2.24, 2.45) is 5.92 Å². The summed E-state index contributed by atoms with van der Waals surface area (Å²) < 4.78 is 7.74. The lowest BCUT2D eigenvalue weighted by atomic mass is 9.93. The molecular formula is C10H21NOS2. The van der Waals surface area contributed by atoms with Crippen LogP contribution in [0, 0.1) is 5.92 Å². The van der Waals surface area contributed by atoms with Crippen molar-refractivity contribution in [3.63, 3.8) is 0 Å². The molecule has 0 amide bonds. The first-order valence-corrected chi connectivity index (χ1v) is 7.64. The van der Waals surface area contributed by atoms with E-state index in [0.717, 1.165) is 12.5 Å². The van der Waals surface area contributed by atoms with E-state index in [1.807, 2.05) is 18.2 Å². The number of hydrogen-bond donors (Lipinski definition) is 0. The molecule has 14 heavy (non-hydrogen) atoms. The zero-order chi connectivity index (χ0) is 10.2. The third-order valence-corrected chi connectivity index (χ3v) is 4.07. The third-order valence-electron chi connectivity index (χ3n) is 2.79. The van der Waals surface area contributed by atoms with Gasteiger partial charge in [0.15, 0.2) is 0 Å². The molecule has 4 heteroatoms. The summed E-state index contributed by atoms with van der Waals surface area (Å²) in [5.41, 5.74) is 0. The van der Waals surface area contributed by atoms with Gasteiger partial charge in [0, 0.05) is 19.3 Å². The number of rotatable bonds is 6. The zero-order valence-corrected chi connectivity index (χ0v) is 10.8. The van der Waals surface area contributed by atoms with Crippen molar-refractivity contribution in [2.45, 2.75) is 25.7 Å². The summed E-state index contributed by atoms with van der Waals surface area (Å²) in [4.78, 5) is 0. The van der Waals surface area contributed by atoms with Gasteiger partial charge >= 0.3 is 0 Å². The monoisotopic (exact) mass is 235 g/mol. The van der Waals surface area contributed by atoms with E-state index < -0.39 is 0 Å². The van der Waals surface area contributed by atoms with E-state index in [4.69, 9.17) is 4.18 Å². The highest BCUT2D eigenvalue weighted by atomic mass is 32.2. The molecule has 1 saturated heterocycles. The molecule has 0 N–H and O–H groups in total. The number of piperidine rings is 1. The van der Waals surface area contributed by atoms with Crippen LogP contribution in [0.3, 0.4) is 0 Å². The molecule has 0 aromatic heterocycles. The molecule has 2 nitrogen and oxygen atoms in total. The Balaban J connectivity index is 1.98.